The van der Waals surface area contributed by atoms with Gasteiger partial charge in [0.25, 0.3) is 0 Å². The molecule has 0 radical (unpaired) electrons. The normalized spacial score (nSPS) is 16.8. The highest BCUT2D eigenvalue weighted by Crippen LogP contribution is 2.00. The third-order valence-corrected chi connectivity index (χ3v) is 1.61. The van der Waals surface area contributed by atoms with Crippen LogP contribution in [0, 0.1) is 0 Å². The zero-order chi connectivity index (χ0) is 7.98. The number of aliphatic hydroxyl groups excluding tert-OH is 1. The van der Waals surface area contributed by atoms with Crippen LogP contribution in [-0.4, -0.2) is 17.4 Å². The molecule has 0 spiro atoms. The van der Waals surface area contributed by atoms with E-state index in [4.69, 9.17) is 5.11 Å². The Morgan fingerprint density at radius 2 is 2.00 bits per heavy atom. The lowest BCUT2D eigenvalue weighted by Gasteiger charge is -2.17. The molecule has 0 rings (SSSR count). The summed E-state index contributed by atoms with van der Waals surface area (Å²) in [5.74, 6) is 0. The van der Waals surface area contributed by atoms with Crippen LogP contribution in [0.25, 0.3) is 0 Å². The number of rotatable bonds is 5. The summed E-state index contributed by atoms with van der Waals surface area (Å²) < 4.78 is 0. The van der Waals surface area contributed by atoms with Gasteiger partial charge in [0, 0.05) is 6.04 Å². The lowest BCUT2D eigenvalue weighted by Crippen LogP contribution is -2.35. The first kappa shape index (κ1) is 9.92. The molecule has 2 N–H and O–H groups in total. The van der Waals surface area contributed by atoms with E-state index >= 15 is 0 Å². The molecule has 2 unspecified atom stereocenters. The van der Waals surface area contributed by atoms with Gasteiger partial charge in [-0.2, -0.15) is 0 Å². The van der Waals surface area contributed by atoms with Gasteiger partial charge in [0.15, 0.2) is 0 Å². The fourth-order valence-corrected chi connectivity index (χ4v) is 1.09. The predicted molar refractivity (Wildman–Crippen MR) is 43.8 cm³/mol. The minimum atomic E-state index is -0.364. The van der Waals surface area contributed by atoms with Crippen molar-refractivity contribution in [2.24, 2.45) is 0 Å². The fraction of sp³-hybridized carbons (Fsp3) is 1.00. The number of nitrogens with one attached hydrogen (secondary N) is 1. The highest BCUT2D eigenvalue weighted by Gasteiger charge is 2.05. The van der Waals surface area contributed by atoms with Crippen LogP contribution in [-0.2, 0) is 0 Å². The highest BCUT2D eigenvalue weighted by atomic mass is 16.3. The topological polar surface area (TPSA) is 32.3 Å². The van der Waals surface area contributed by atoms with Gasteiger partial charge in [-0.3, -0.25) is 5.32 Å². The molecule has 2 heteroatoms. The van der Waals surface area contributed by atoms with E-state index in [-0.39, 0.29) is 6.23 Å². The van der Waals surface area contributed by atoms with E-state index in [1.807, 2.05) is 0 Å². The number of hydrogen-bond acceptors (Lipinski definition) is 2. The van der Waals surface area contributed by atoms with Gasteiger partial charge in [-0.15, -0.1) is 0 Å². The van der Waals surface area contributed by atoms with Crippen molar-refractivity contribution in [1.29, 1.82) is 0 Å². The zero-order valence-corrected chi connectivity index (χ0v) is 7.22. The molecule has 2 nitrogen and oxygen atoms in total. The van der Waals surface area contributed by atoms with Crippen molar-refractivity contribution >= 4 is 0 Å². The SMILES string of the molecule is CCCC(CC)NC(C)O. The molecule has 0 aromatic carbocycles. The van der Waals surface area contributed by atoms with Gasteiger partial charge in [0.2, 0.25) is 0 Å². The Hall–Kier alpha value is -0.0800. The first-order chi connectivity index (χ1) is 4.70. The predicted octanol–water partition coefficient (Wildman–Crippen LogP) is 1.49. The first-order valence-corrected chi connectivity index (χ1v) is 4.14. The number of hydrogen-bond donors (Lipinski definition) is 2. The lowest BCUT2D eigenvalue weighted by molar-refractivity contribution is 0.137. The van der Waals surface area contributed by atoms with E-state index in [0.717, 1.165) is 12.8 Å². The summed E-state index contributed by atoms with van der Waals surface area (Å²) >= 11 is 0. The van der Waals surface area contributed by atoms with Gasteiger partial charge >= 0.3 is 0 Å². The molecule has 0 aromatic heterocycles. The standard InChI is InChI=1S/C8H19NO/c1-4-6-8(5-2)9-7(3)10/h7-10H,4-6H2,1-3H3. The van der Waals surface area contributed by atoms with Crippen LogP contribution in [0.1, 0.15) is 40.0 Å². The van der Waals surface area contributed by atoms with Crippen molar-refractivity contribution < 1.29 is 5.11 Å². The molecule has 0 bridgehead atoms. The quantitative estimate of drug-likeness (QED) is 0.574. The van der Waals surface area contributed by atoms with E-state index in [1.165, 1.54) is 6.42 Å². The van der Waals surface area contributed by atoms with Gasteiger partial charge in [-0.1, -0.05) is 20.3 Å². The van der Waals surface area contributed by atoms with Crippen molar-refractivity contribution in [2.75, 3.05) is 0 Å². The summed E-state index contributed by atoms with van der Waals surface area (Å²) in [7, 11) is 0. The fourth-order valence-electron chi connectivity index (χ4n) is 1.09. The molecule has 62 valence electrons. The van der Waals surface area contributed by atoms with Gasteiger partial charge in [0.1, 0.15) is 6.23 Å². The Balaban J connectivity index is 3.39. The molecule has 0 fully saturated rings. The highest BCUT2D eigenvalue weighted by molar-refractivity contribution is 4.63. The maximum absolute atomic E-state index is 8.97. The van der Waals surface area contributed by atoms with Gasteiger partial charge < -0.3 is 5.11 Å². The Morgan fingerprint density at radius 3 is 2.30 bits per heavy atom. The minimum absolute atomic E-state index is 0.364. The molecule has 0 heterocycles. The van der Waals surface area contributed by atoms with Crippen molar-refractivity contribution in [3.8, 4) is 0 Å². The Bertz CT molecular complexity index is 73.7. The van der Waals surface area contributed by atoms with Crippen LogP contribution in [0.4, 0.5) is 0 Å². The molecule has 0 saturated carbocycles. The van der Waals surface area contributed by atoms with E-state index in [0.29, 0.717) is 6.04 Å². The van der Waals surface area contributed by atoms with Crippen LogP contribution < -0.4 is 5.32 Å². The summed E-state index contributed by atoms with van der Waals surface area (Å²) in [4.78, 5) is 0. The molecule has 0 amide bonds. The molecular formula is C8H19NO. The zero-order valence-electron chi connectivity index (χ0n) is 7.22. The summed E-state index contributed by atoms with van der Waals surface area (Å²) in [6.07, 6.45) is 3.06. The molecule has 0 aliphatic heterocycles. The second kappa shape index (κ2) is 5.69. The van der Waals surface area contributed by atoms with Crippen molar-refractivity contribution in [3.05, 3.63) is 0 Å². The Morgan fingerprint density at radius 1 is 1.40 bits per heavy atom. The number of aliphatic hydroxyl groups is 1. The minimum Gasteiger partial charge on any atom is -0.379 e. The summed E-state index contributed by atoms with van der Waals surface area (Å²) in [5.41, 5.74) is 0. The van der Waals surface area contributed by atoms with Crippen LogP contribution in [0.5, 0.6) is 0 Å². The van der Waals surface area contributed by atoms with E-state index in [1.54, 1.807) is 6.92 Å². The summed E-state index contributed by atoms with van der Waals surface area (Å²) in [5, 5.41) is 12.1. The van der Waals surface area contributed by atoms with E-state index < -0.39 is 0 Å². The van der Waals surface area contributed by atoms with E-state index in [2.05, 4.69) is 19.2 Å². The lowest BCUT2D eigenvalue weighted by atomic mass is 10.1. The molecule has 0 saturated heterocycles. The van der Waals surface area contributed by atoms with Crippen molar-refractivity contribution in [3.63, 3.8) is 0 Å². The average Bonchev–Trinajstić information content (AvgIpc) is 1.86. The molecule has 0 aromatic rings. The van der Waals surface area contributed by atoms with Crippen LogP contribution in [0.2, 0.25) is 0 Å². The van der Waals surface area contributed by atoms with Crippen LogP contribution in [0.15, 0.2) is 0 Å². The maximum atomic E-state index is 8.97. The van der Waals surface area contributed by atoms with E-state index in [9.17, 15) is 0 Å². The maximum Gasteiger partial charge on any atom is 0.102 e. The smallest absolute Gasteiger partial charge is 0.102 e. The second-order valence-electron chi connectivity index (χ2n) is 2.74. The van der Waals surface area contributed by atoms with Crippen molar-refractivity contribution in [2.45, 2.75) is 52.3 Å². The Kier molecular flexibility index (Phi) is 5.64. The Labute approximate surface area is 63.6 Å². The molecule has 0 aliphatic carbocycles. The van der Waals surface area contributed by atoms with Gasteiger partial charge in [0.05, 0.1) is 0 Å². The third kappa shape index (κ3) is 4.77. The average molecular weight is 145 g/mol. The van der Waals surface area contributed by atoms with Gasteiger partial charge in [-0.05, 0) is 19.8 Å². The molecule has 0 aliphatic rings. The third-order valence-electron chi connectivity index (χ3n) is 1.61. The van der Waals surface area contributed by atoms with Crippen molar-refractivity contribution in [1.82, 2.24) is 5.32 Å². The second-order valence-corrected chi connectivity index (χ2v) is 2.74. The summed E-state index contributed by atoms with van der Waals surface area (Å²) in [6.45, 7) is 6.06. The molecular weight excluding hydrogens is 126 g/mol. The van der Waals surface area contributed by atoms with Gasteiger partial charge in [-0.25, -0.2) is 0 Å². The first-order valence-electron chi connectivity index (χ1n) is 4.14. The largest absolute Gasteiger partial charge is 0.379 e. The molecule has 10 heavy (non-hydrogen) atoms. The van der Waals surface area contributed by atoms with Crippen LogP contribution >= 0.6 is 0 Å². The summed E-state index contributed by atoms with van der Waals surface area (Å²) in [6, 6.07) is 0.491. The monoisotopic (exact) mass is 145 g/mol. The molecule has 2 atom stereocenters. The van der Waals surface area contributed by atoms with Crippen LogP contribution in [0.3, 0.4) is 0 Å².